The Balaban J connectivity index is 0.000000186. The summed E-state index contributed by atoms with van der Waals surface area (Å²) >= 11 is 0. The van der Waals surface area contributed by atoms with Gasteiger partial charge in [-0.15, -0.1) is 0 Å². The number of nitrogen functional groups attached to an aromatic ring is 1. The van der Waals surface area contributed by atoms with Crippen LogP contribution in [0.5, 0.6) is 0 Å². The molecule has 1 aliphatic rings. The highest BCUT2D eigenvalue weighted by Gasteiger charge is 2.34. The van der Waals surface area contributed by atoms with E-state index >= 15 is 0 Å². The summed E-state index contributed by atoms with van der Waals surface area (Å²) in [6.07, 6.45) is 7.51. The molecule has 0 unspecified atom stereocenters. The highest BCUT2D eigenvalue weighted by molar-refractivity contribution is 5.98. The van der Waals surface area contributed by atoms with E-state index in [-0.39, 0.29) is 58.0 Å². The minimum Gasteiger partial charge on any atom is -0.399 e. The van der Waals surface area contributed by atoms with Crippen molar-refractivity contribution < 1.29 is 49.8 Å². The van der Waals surface area contributed by atoms with Gasteiger partial charge in [0, 0.05) is 72.3 Å². The summed E-state index contributed by atoms with van der Waals surface area (Å²) in [6, 6.07) is 20.0. The predicted molar refractivity (Wildman–Crippen MR) is 285 cm³/mol. The van der Waals surface area contributed by atoms with Crippen LogP contribution < -0.4 is 27.8 Å². The third kappa shape index (κ3) is 16.9. The maximum atomic E-state index is 14.7. The maximum absolute atomic E-state index is 14.7. The van der Waals surface area contributed by atoms with Crippen LogP contribution in [-0.4, -0.2) is 77.3 Å². The topological polar surface area (TPSA) is 313 Å². The number of H-pyrrole nitrogens is 1. The number of non-ortho nitro benzene ring substituents is 2. The number of halogens is 8. The first-order chi connectivity index (χ1) is 38.9. The zero-order valence-electron chi connectivity index (χ0n) is 43.5. The summed E-state index contributed by atoms with van der Waals surface area (Å²) in [6.45, 7) is 5.72. The Morgan fingerprint density at radius 2 is 1.27 bits per heavy atom. The lowest BCUT2D eigenvalue weighted by molar-refractivity contribution is -0.385. The van der Waals surface area contributed by atoms with Crippen molar-refractivity contribution >= 4 is 40.4 Å². The molecule has 9 aromatic rings. The van der Waals surface area contributed by atoms with Gasteiger partial charge in [-0.1, -0.05) is 19.8 Å². The fourth-order valence-electron chi connectivity index (χ4n) is 7.43. The molecule has 0 radical (unpaired) electrons. The summed E-state index contributed by atoms with van der Waals surface area (Å²) in [5.74, 6) is -4.71. The number of primary amides is 1. The van der Waals surface area contributed by atoms with Crippen LogP contribution in [0.25, 0.3) is 17.1 Å². The number of anilines is 4. The van der Waals surface area contributed by atoms with Crippen molar-refractivity contribution in [1.29, 1.82) is 0 Å². The van der Waals surface area contributed by atoms with Crippen LogP contribution in [-0.2, 0) is 12.6 Å². The molecular formula is C52H51F8N17O5. The molecule has 9 N–H and O–H groups in total. The molecule has 0 aliphatic heterocycles. The first-order valence-electron chi connectivity index (χ1n) is 24.4. The van der Waals surface area contributed by atoms with Gasteiger partial charge in [0.1, 0.15) is 28.4 Å². The number of rotatable bonds is 11. The lowest BCUT2D eigenvalue weighted by Gasteiger charge is -2.29. The van der Waals surface area contributed by atoms with Crippen LogP contribution in [0.2, 0.25) is 0 Å². The Bertz CT molecular complexity index is 3630. The second kappa shape index (κ2) is 27.6. The fourth-order valence-corrected chi connectivity index (χ4v) is 7.43. The number of nitro benzene ring substituents is 2. The quantitative estimate of drug-likeness (QED) is 0.0304. The minimum absolute atomic E-state index is 0.0233. The highest BCUT2D eigenvalue weighted by atomic mass is 19.4. The van der Waals surface area contributed by atoms with Gasteiger partial charge >= 0.3 is 6.18 Å². The number of alkyl halides is 3. The monoisotopic (exact) mass is 1150 g/mol. The van der Waals surface area contributed by atoms with Crippen molar-refractivity contribution in [1.82, 2.24) is 49.5 Å². The third-order valence-corrected chi connectivity index (χ3v) is 11.6. The average Bonchev–Trinajstić information content (AvgIpc) is 4.31. The fraction of sp³-hybridized carbons (Fsp3) is 0.212. The Morgan fingerprint density at radius 1 is 0.720 bits per heavy atom. The second-order valence-corrected chi connectivity index (χ2v) is 17.7. The van der Waals surface area contributed by atoms with Crippen LogP contribution in [0, 0.1) is 63.2 Å². The van der Waals surface area contributed by atoms with Gasteiger partial charge in [-0.05, 0) is 106 Å². The van der Waals surface area contributed by atoms with E-state index in [9.17, 15) is 60.1 Å². The average molecular weight is 1150 g/mol. The van der Waals surface area contributed by atoms with Crippen molar-refractivity contribution in [2.45, 2.75) is 71.1 Å². The molecule has 0 spiro atoms. The summed E-state index contributed by atoms with van der Waals surface area (Å²) in [5, 5.41) is 44.5. The number of benzene rings is 4. The Hall–Kier alpha value is -10.1. The number of aryl methyl sites for hydroxylation is 3. The number of nitrogens with two attached hydrogens (primary N) is 3. The standard InChI is InChI=1S/C21H22F4N8O.C10H8FN3O2.C10H10FN3.C6H3F2NO2.C5H8N2/c22-13-9-11(5-6-16(13)33-8-7-17(32-33)21(23,24)25)29-19-12(18(27)34)10-28-20(31-19)30-15-4-2-1-3-14(15)26;1-7-4-5-13(12-7)10-3-2-8(14(15)16)6-9(10)11;1-7-4-5-14(13-7)10-3-2-8(12)6-9(10)11;7-5-2-1-4(9(10)11)3-6(5)8;1-2-5-3-4-6-7-5/h5-10,14-15H,1-4,26H2,(H2,27,34)(H2,28,29,30,31);2-6H,1H3;2-6H,12H2,1H3;1-3H;3-4H,2H2,1H3,(H,6,7)/t14-,15+;;;;/m0..../s1. The lowest BCUT2D eigenvalue weighted by atomic mass is 9.91. The van der Waals surface area contributed by atoms with Gasteiger partial charge in [0.15, 0.2) is 34.8 Å². The maximum Gasteiger partial charge on any atom is 0.435 e. The summed E-state index contributed by atoms with van der Waals surface area (Å²) < 4.78 is 108. The van der Waals surface area contributed by atoms with E-state index in [4.69, 9.17) is 17.2 Å². The Morgan fingerprint density at radius 3 is 1.74 bits per heavy atom. The molecule has 10 rings (SSSR count). The van der Waals surface area contributed by atoms with Gasteiger partial charge in [-0.3, -0.25) is 30.1 Å². The van der Waals surface area contributed by atoms with Crippen molar-refractivity contribution in [2.75, 3.05) is 16.4 Å². The van der Waals surface area contributed by atoms with Gasteiger partial charge in [0.25, 0.3) is 17.3 Å². The number of aromatic amines is 1. The molecular weight excluding hydrogens is 1090 g/mol. The Kier molecular flexibility index (Phi) is 20.6. The van der Waals surface area contributed by atoms with Gasteiger partial charge in [-0.2, -0.15) is 38.5 Å². The predicted octanol–water partition coefficient (Wildman–Crippen LogP) is 10.3. The van der Waals surface area contributed by atoms with Gasteiger partial charge in [-0.25, -0.2) is 41.0 Å². The number of nitro groups is 2. The van der Waals surface area contributed by atoms with Crippen LogP contribution in [0.15, 0.2) is 128 Å². The molecule has 430 valence electrons. The molecule has 2 atom stereocenters. The molecule has 22 nitrogen and oxygen atoms in total. The van der Waals surface area contributed by atoms with Gasteiger partial charge < -0.3 is 27.8 Å². The molecule has 0 saturated heterocycles. The zero-order valence-corrected chi connectivity index (χ0v) is 43.5. The first-order valence-corrected chi connectivity index (χ1v) is 24.4. The zero-order chi connectivity index (χ0) is 59.8. The molecule has 1 saturated carbocycles. The molecule has 30 heteroatoms. The third-order valence-electron chi connectivity index (χ3n) is 11.6. The SMILES string of the molecule is CCc1ccn[nH]1.Cc1ccn(-c2ccc(N)cc2F)n1.Cc1ccn(-c2ccc([N+](=O)[O-])cc2F)n1.NC(=O)c1cnc(N[C@@H]2CCCC[C@@H]2N)nc1Nc1ccc(-n2ccc(C(F)(F)F)n2)c(F)c1.O=[N+]([O-])c1ccc(F)c(F)c1. The van der Waals surface area contributed by atoms with E-state index in [1.165, 1.54) is 51.6 Å². The molecule has 1 aliphatic carbocycles. The molecule has 1 amide bonds. The smallest absolute Gasteiger partial charge is 0.399 e. The van der Waals surface area contributed by atoms with E-state index in [0.29, 0.717) is 23.5 Å². The minimum atomic E-state index is -4.64. The molecule has 5 heterocycles. The summed E-state index contributed by atoms with van der Waals surface area (Å²) in [4.78, 5) is 39.2. The van der Waals surface area contributed by atoms with Crippen LogP contribution >= 0.6 is 0 Å². The second-order valence-electron chi connectivity index (χ2n) is 17.7. The lowest BCUT2D eigenvalue weighted by Crippen LogP contribution is -2.43. The number of hydrogen-bond donors (Lipinski definition) is 6. The van der Waals surface area contributed by atoms with Crippen molar-refractivity contribution in [3.8, 4) is 17.1 Å². The number of aromatic nitrogens is 10. The summed E-state index contributed by atoms with van der Waals surface area (Å²) in [5.41, 5.74) is 18.9. The van der Waals surface area contributed by atoms with E-state index in [1.54, 1.807) is 43.7 Å². The van der Waals surface area contributed by atoms with Crippen molar-refractivity contribution in [2.24, 2.45) is 11.5 Å². The van der Waals surface area contributed by atoms with E-state index < -0.39 is 56.6 Å². The number of carbonyl (C=O) groups is 1. The number of nitrogens with one attached hydrogen (secondary N) is 3. The van der Waals surface area contributed by atoms with E-state index in [1.807, 2.05) is 19.1 Å². The van der Waals surface area contributed by atoms with Crippen molar-refractivity contribution in [3.63, 3.8) is 0 Å². The largest absolute Gasteiger partial charge is 0.435 e. The normalized spacial score (nSPS) is 13.6. The van der Waals surface area contributed by atoms with Gasteiger partial charge in [0.2, 0.25) is 5.95 Å². The molecule has 1 fully saturated rings. The van der Waals surface area contributed by atoms with Gasteiger partial charge in [0.05, 0.1) is 33.4 Å². The molecule has 5 aromatic heterocycles. The highest BCUT2D eigenvalue weighted by Crippen LogP contribution is 2.30. The first kappa shape index (κ1) is 61.1. The number of nitrogens with zero attached hydrogens (tertiary/aromatic N) is 11. The number of amides is 1. The van der Waals surface area contributed by atoms with E-state index in [2.05, 4.69) is 53.0 Å². The Labute approximate surface area is 460 Å². The van der Waals surface area contributed by atoms with Crippen LogP contribution in [0.1, 0.15) is 65.7 Å². The van der Waals surface area contributed by atoms with Crippen molar-refractivity contribution in [3.05, 3.63) is 206 Å². The van der Waals surface area contributed by atoms with Crippen LogP contribution in [0.3, 0.4) is 0 Å². The molecule has 82 heavy (non-hydrogen) atoms. The van der Waals surface area contributed by atoms with Crippen LogP contribution in [0.4, 0.5) is 69.6 Å². The number of carbonyl (C=O) groups excluding carboxylic acids is 1. The summed E-state index contributed by atoms with van der Waals surface area (Å²) in [7, 11) is 0. The number of hydrogen-bond acceptors (Lipinski definition) is 15. The molecule has 4 aromatic carbocycles. The molecule has 0 bridgehead atoms. The van der Waals surface area contributed by atoms with E-state index in [0.717, 1.165) is 78.6 Å².